The number of benzene rings is 1. The number of hydrogen-bond acceptors (Lipinski definition) is 7. The third-order valence-electron chi connectivity index (χ3n) is 5.01. The number of aromatic nitrogens is 4. The van der Waals surface area contributed by atoms with Crippen molar-refractivity contribution < 1.29 is 31.8 Å². The number of halogens is 4. The number of rotatable bonds is 8. The van der Waals surface area contributed by atoms with E-state index >= 15 is 0 Å². The number of carbonyl (C=O) groups is 1. The molecule has 0 unspecified atom stereocenters. The van der Waals surface area contributed by atoms with Crippen molar-refractivity contribution >= 4 is 23.2 Å². The topological polar surface area (TPSA) is 129 Å². The minimum atomic E-state index is -4.55. The lowest BCUT2D eigenvalue weighted by atomic mass is 10.1. The van der Waals surface area contributed by atoms with Crippen LogP contribution in [0.5, 0.6) is 5.75 Å². The predicted molar refractivity (Wildman–Crippen MR) is 126 cm³/mol. The maximum Gasteiger partial charge on any atom is 0.405 e. The van der Waals surface area contributed by atoms with Crippen molar-refractivity contribution in [3.8, 4) is 28.4 Å². The number of ether oxygens (including phenoxy) is 2. The fourth-order valence-electron chi connectivity index (χ4n) is 3.35. The van der Waals surface area contributed by atoms with Crippen LogP contribution < -0.4 is 21.1 Å². The largest absolute Gasteiger partial charge is 0.491 e. The van der Waals surface area contributed by atoms with Gasteiger partial charge in [0.25, 0.3) is 0 Å². The molecule has 0 aliphatic carbocycles. The molecule has 4 rings (SSSR count). The molecule has 14 heteroatoms. The summed E-state index contributed by atoms with van der Waals surface area (Å²) in [4.78, 5) is 24.3. The molecule has 1 aromatic carbocycles. The molecule has 4 N–H and O–H groups in total. The molecule has 0 saturated heterocycles. The van der Waals surface area contributed by atoms with Crippen molar-refractivity contribution in [2.24, 2.45) is 0 Å². The van der Waals surface area contributed by atoms with Crippen molar-refractivity contribution in [3.05, 3.63) is 54.7 Å². The first kappa shape index (κ1) is 25.6. The highest BCUT2D eigenvalue weighted by atomic mass is 19.4. The van der Waals surface area contributed by atoms with Gasteiger partial charge in [-0.1, -0.05) is 0 Å². The van der Waals surface area contributed by atoms with Gasteiger partial charge in [-0.25, -0.2) is 24.1 Å². The molecule has 2 amide bonds. The standard InChI is InChI=1S/C23H21F4N7O3/c1-36-4-5-37-16-7-14(6-15(9-16)32-22(35)31-12-23(25,26)27)18-11-29-19-8-13(2-3-34(18)19)21-30-10-17(24)20(28)33-21/h2-3,6-11H,4-5,12H2,1H3,(H2,28,30,33)(H2,31,32,35). The van der Waals surface area contributed by atoms with E-state index in [2.05, 4.69) is 20.3 Å². The normalized spacial score (nSPS) is 11.5. The van der Waals surface area contributed by atoms with Crippen molar-refractivity contribution in [1.82, 2.24) is 24.7 Å². The predicted octanol–water partition coefficient (Wildman–Crippen LogP) is 3.89. The number of amides is 2. The van der Waals surface area contributed by atoms with E-state index in [-0.39, 0.29) is 23.9 Å². The lowest BCUT2D eigenvalue weighted by molar-refractivity contribution is -0.122. The quantitative estimate of drug-likeness (QED) is 0.238. The number of fused-ring (bicyclic) bond motifs is 1. The van der Waals surface area contributed by atoms with Crippen molar-refractivity contribution in [1.29, 1.82) is 0 Å². The summed E-state index contributed by atoms with van der Waals surface area (Å²) in [6.45, 7) is -0.973. The number of anilines is 2. The Morgan fingerprint density at radius 1 is 1.11 bits per heavy atom. The Labute approximate surface area is 207 Å². The van der Waals surface area contributed by atoms with Crippen LogP contribution in [0.1, 0.15) is 0 Å². The van der Waals surface area contributed by atoms with Crippen LogP contribution in [0.15, 0.2) is 48.9 Å². The summed E-state index contributed by atoms with van der Waals surface area (Å²) < 4.78 is 63.2. The van der Waals surface area contributed by atoms with Gasteiger partial charge in [-0.3, -0.25) is 4.40 Å². The van der Waals surface area contributed by atoms with E-state index < -0.39 is 24.6 Å². The molecule has 0 aliphatic rings. The van der Waals surface area contributed by atoms with Gasteiger partial charge in [0, 0.05) is 36.2 Å². The molecular formula is C23H21F4N7O3. The van der Waals surface area contributed by atoms with Gasteiger partial charge in [0.1, 0.15) is 24.5 Å². The zero-order valence-electron chi connectivity index (χ0n) is 19.3. The number of pyridine rings is 1. The Bertz CT molecular complexity index is 1430. The molecule has 3 heterocycles. The van der Waals surface area contributed by atoms with Crippen LogP contribution in [-0.2, 0) is 4.74 Å². The third kappa shape index (κ3) is 6.41. The number of nitrogens with one attached hydrogen (secondary N) is 2. The summed E-state index contributed by atoms with van der Waals surface area (Å²) in [5.41, 5.74) is 7.95. The van der Waals surface area contributed by atoms with E-state index in [0.29, 0.717) is 34.8 Å². The second kappa shape index (κ2) is 10.7. The second-order valence-electron chi connectivity index (χ2n) is 7.72. The first-order valence-electron chi connectivity index (χ1n) is 10.8. The minimum absolute atomic E-state index is 0.200. The molecule has 0 spiro atoms. The average Bonchev–Trinajstić information content (AvgIpc) is 3.27. The number of imidazole rings is 1. The van der Waals surface area contributed by atoms with Crippen LogP contribution in [0.4, 0.5) is 33.9 Å². The first-order valence-corrected chi connectivity index (χ1v) is 10.8. The molecule has 3 aromatic heterocycles. The number of nitrogens with zero attached hydrogens (tertiary/aromatic N) is 4. The van der Waals surface area contributed by atoms with Crippen LogP contribution in [0.2, 0.25) is 0 Å². The summed E-state index contributed by atoms with van der Waals surface area (Å²) >= 11 is 0. The lowest BCUT2D eigenvalue weighted by Gasteiger charge is -2.13. The number of carbonyl (C=O) groups excluding carboxylic acids is 1. The van der Waals surface area contributed by atoms with Gasteiger partial charge < -0.3 is 25.8 Å². The molecule has 0 aliphatic heterocycles. The highest BCUT2D eigenvalue weighted by molar-refractivity contribution is 5.90. The molecule has 37 heavy (non-hydrogen) atoms. The summed E-state index contributed by atoms with van der Waals surface area (Å²) in [6, 6.07) is 7.07. The number of urea groups is 1. The minimum Gasteiger partial charge on any atom is -0.491 e. The number of alkyl halides is 3. The molecule has 0 radical (unpaired) electrons. The zero-order chi connectivity index (χ0) is 26.6. The molecule has 0 fully saturated rings. The van der Waals surface area contributed by atoms with Crippen LogP contribution >= 0.6 is 0 Å². The van der Waals surface area contributed by atoms with Gasteiger partial charge >= 0.3 is 12.2 Å². The monoisotopic (exact) mass is 519 g/mol. The maximum absolute atomic E-state index is 13.4. The van der Waals surface area contributed by atoms with Gasteiger partial charge in [0.15, 0.2) is 17.5 Å². The Hall–Kier alpha value is -4.46. The average molecular weight is 519 g/mol. The van der Waals surface area contributed by atoms with Crippen molar-refractivity contribution in [2.45, 2.75) is 6.18 Å². The van der Waals surface area contributed by atoms with Gasteiger partial charge in [-0.2, -0.15) is 13.2 Å². The number of hydrogen-bond donors (Lipinski definition) is 3. The molecule has 4 aromatic rings. The molecule has 194 valence electrons. The SMILES string of the molecule is COCCOc1cc(NC(=O)NCC(F)(F)F)cc(-c2cnc3cc(-c4ncc(F)c(N)n4)ccn23)c1. The highest BCUT2D eigenvalue weighted by Gasteiger charge is 2.27. The Kier molecular flexibility index (Phi) is 7.38. The Morgan fingerprint density at radius 2 is 1.92 bits per heavy atom. The van der Waals surface area contributed by atoms with Crippen LogP contribution in [0, 0.1) is 5.82 Å². The molecule has 10 nitrogen and oxygen atoms in total. The van der Waals surface area contributed by atoms with Crippen LogP contribution in [0.25, 0.3) is 28.3 Å². The van der Waals surface area contributed by atoms with E-state index in [1.54, 1.807) is 46.4 Å². The van der Waals surface area contributed by atoms with E-state index in [4.69, 9.17) is 15.2 Å². The second-order valence-corrected chi connectivity index (χ2v) is 7.72. The van der Waals surface area contributed by atoms with E-state index in [1.807, 2.05) is 0 Å². The van der Waals surface area contributed by atoms with Gasteiger partial charge in [-0.05, 0) is 24.3 Å². The van der Waals surface area contributed by atoms with Crippen molar-refractivity contribution in [3.63, 3.8) is 0 Å². The fraction of sp³-hybridized carbons (Fsp3) is 0.217. The molecule has 0 saturated carbocycles. The Balaban J connectivity index is 1.66. The van der Waals surface area contributed by atoms with Gasteiger partial charge in [0.05, 0.1) is 24.7 Å². The smallest absolute Gasteiger partial charge is 0.405 e. The molecule has 0 atom stereocenters. The zero-order valence-corrected chi connectivity index (χ0v) is 19.3. The third-order valence-corrected chi connectivity index (χ3v) is 5.01. The fourth-order valence-corrected chi connectivity index (χ4v) is 3.35. The van der Waals surface area contributed by atoms with Crippen LogP contribution in [-0.4, -0.2) is 58.4 Å². The summed E-state index contributed by atoms with van der Waals surface area (Å²) in [6.07, 6.45) is -0.306. The summed E-state index contributed by atoms with van der Waals surface area (Å²) in [5, 5.41) is 4.14. The summed E-state index contributed by atoms with van der Waals surface area (Å²) in [5.74, 6) is -0.436. The number of nitrogens with two attached hydrogens (primary N) is 1. The van der Waals surface area contributed by atoms with Crippen LogP contribution in [0.3, 0.4) is 0 Å². The van der Waals surface area contributed by atoms with E-state index in [9.17, 15) is 22.4 Å². The highest BCUT2D eigenvalue weighted by Crippen LogP contribution is 2.30. The van der Waals surface area contributed by atoms with Crippen molar-refractivity contribution in [2.75, 3.05) is 37.9 Å². The molecular weight excluding hydrogens is 498 g/mol. The van der Waals surface area contributed by atoms with E-state index in [1.165, 1.54) is 13.2 Å². The lowest BCUT2D eigenvalue weighted by Crippen LogP contribution is -2.36. The Morgan fingerprint density at radius 3 is 2.65 bits per heavy atom. The number of nitrogen functional groups attached to an aromatic ring is 1. The molecule has 0 bridgehead atoms. The van der Waals surface area contributed by atoms with Gasteiger partial charge in [-0.15, -0.1) is 0 Å². The first-order chi connectivity index (χ1) is 17.6. The number of methoxy groups -OCH3 is 1. The van der Waals surface area contributed by atoms with E-state index in [0.717, 1.165) is 6.20 Å². The summed E-state index contributed by atoms with van der Waals surface area (Å²) in [7, 11) is 1.51. The maximum atomic E-state index is 13.4. The van der Waals surface area contributed by atoms with Gasteiger partial charge in [0.2, 0.25) is 0 Å².